The van der Waals surface area contributed by atoms with Crippen molar-refractivity contribution < 1.29 is 22.7 Å². The van der Waals surface area contributed by atoms with Crippen LogP contribution < -0.4 is 14.4 Å². The molecule has 1 N–H and O–H groups in total. The summed E-state index contributed by atoms with van der Waals surface area (Å²) in [5.74, 6) is -0.433. The van der Waals surface area contributed by atoms with Gasteiger partial charge in [0.2, 0.25) is 11.8 Å². The summed E-state index contributed by atoms with van der Waals surface area (Å²) < 4.78 is 33.9. The number of unbranched alkanes of at least 4 members (excludes halogenated alkanes) is 1. The van der Waals surface area contributed by atoms with Crippen molar-refractivity contribution in [2.75, 3.05) is 24.5 Å². The number of ether oxygens (including phenoxy) is 1. The van der Waals surface area contributed by atoms with Crippen LogP contribution in [0.1, 0.15) is 32.3 Å². The van der Waals surface area contributed by atoms with Gasteiger partial charge in [0, 0.05) is 23.1 Å². The third kappa shape index (κ3) is 7.90. The number of benzene rings is 3. The fourth-order valence-corrected chi connectivity index (χ4v) is 5.68. The molecular formula is C29H33Cl2N3O5S. The van der Waals surface area contributed by atoms with Gasteiger partial charge in [0.05, 0.1) is 17.7 Å². The second-order valence-electron chi connectivity index (χ2n) is 9.10. The zero-order chi connectivity index (χ0) is 29.3. The number of methoxy groups -OCH3 is 1. The number of halogens is 2. The van der Waals surface area contributed by atoms with Crippen molar-refractivity contribution in [3.05, 3.63) is 88.4 Å². The van der Waals surface area contributed by atoms with E-state index >= 15 is 0 Å². The van der Waals surface area contributed by atoms with Crippen LogP contribution in [0.4, 0.5) is 5.69 Å². The van der Waals surface area contributed by atoms with Crippen LogP contribution in [0.2, 0.25) is 10.0 Å². The topological polar surface area (TPSA) is 96.0 Å². The Morgan fingerprint density at radius 3 is 2.23 bits per heavy atom. The van der Waals surface area contributed by atoms with E-state index in [1.807, 2.05) is 6.92 Å². The summed E-state index contributed by atoms with van der Waals surface area (Å²) in [5.41, 5.74) is 0.869. The highest BCUT2D eigenvalue weighted by atomic mass is 35.5. The monoisotopic (exact) mass is 605 g/mol. The molecule has 0 heterocycles. The summed E-state index contributed by atoms with van der Waals surface area (Å²) in [6.45, 7) is 3.54. The highest BCUT2D eigenvalue weighted by molar-refractivity contribution is 7.92. The minimum absolute atomic E-state index is 0.0118. The molecule has 1 atom stereocenters. The van der Waals surface area contributed by atoms with E-state index in [4.69, 9.17) is 27.9 Å². The lowest BCUT2D eigenvalue weighted by molar-refractivity contribution is -0.139. The van der Waals surface area contributed by atoms with Gasteiger partial charge in [-0.05, 0) is 73.5 Å². The average molecular weight is 607 g/mol. The molecule has 0 saturated heterocycles. The summed E-state index contributed by atoms with van der Waals surface area (Å²) in [6.07, 6.45) is 1.69. The first-order chi connectivity index (χ1) is 19.1. The number of carbonyl (C=O) groups excluding carboxylic acids is 2. The van der Waals surface area contributed by atoms with Crippen molar-refractivity contribution in [1.82, 2.24) is 10.2 Å². The third-order valence-electron chi connectivity index (χ3n) is 6.34. The minimum Gasteiger partial charge on any atom is -0.497 e. The molecule has 11 heteroatoms. The van der Waals surface area contributed by atoms with Crippen LogP contribution >= 0.6 is 23.2 Å². The van der Waals surface area contributed by atoms with E-state index in [1.165, 1.54) is 48.4 Å². The van der Waals surface area contributed by atoms with E-state index in [-0.39, 0.29) is 23.0 Å². The van der Waals surface area contributed by atoms with Crippen molar-refractivity contribution in [2.24, 2.45) is 0 Å². The molecule has 0 unspecified atom stereocenters. The van der Waals surface area contributed by atoms with E-state index in [0.717, 1.165) is 17.1 Å². The van der Waals surface area contributed by atoms with Crippen molar-refractivity contribution in [2.45, 2.75) is 44.2 Å². The molecule has 3 aromatic carbocycles. The first-order valence-corrected chi connectivity index (χ1v) is 15.0. The standard InChI is InChI=1S/C29H33Cl2N3O5S/c1-4-5-18-32-29(36)21(2)33(19-22-8-6-7-9-27(22)31)28(35)20-34(24-12-10-23(30)11-13-24)40(37,38)26-16-14-25(39-3)15-17-26/h6-17,21H,4-5,18-20H2,1-3H3,(H,32,36)/t21-/m0/s1. The molecule has 3 rings (SSSR count). The number of carbonyl (C=O) groups is 2. The van der Waals surface area contributed by atoms with Gasteiger partial charge in [-0.25, -0.2) is 8.42 Å². The van der Waals surface area contributed by atoms with Gasteiger partial charge in [-0.15, -0.1) is 0 Å². The van der Waals surface area contributed by atoms with E-state index in [0.29, 0.717) is 27.9 Å². The Labute approximate surface area is 245 Å². The lowest BCUT2D eigenvalue weighted by atomic mass is 10.1. The van der Waals surface area contributed by atoms with E-state index < -0.39 is 28.5 Å². The molecule has 0 aliphatic rings. The maximum Gasteiger partial charge on any atom is 0.264 e. The smallest absolute Gasteiger partial charge is 0.264 e. The van der Waals surface area contributed by atoms with Crippen molar-refractivity contribution in [1.29, 1.82) is 0 Å². The van der Waals surface area contributed by atoms with Gasteiger partial charge < -0.3 is 15.0 Å². The van der Waals surface area contributed by atoms with Crippen LogP contribution in [0.15, 0.2) is 77.7 Å². The minimum atomic E-state index is -4.20. The van der Waals surface area contributed by atoms with Crippen LogP contribution in [-0.2, 0) is 26.2 Å². The fourth-order valence-electron chi connectivity index (χ4n) is 3.94. The van der Waals surface area contributed by atoms with E-state index in [1.54, 1.807) is 43.3 Å². The maximum absolute atomic E-state index is 13.9. The molecule has 0 aliphatic carbocycles. The quantitative estimate of drug-likeness (QED) is 0.258. The third-order valence-corrected chi connectivity index (χ3v) is 8.75. The molecule has 0 radical (unpaired) electrons. The number of nitrogens with zero attached hydrogens (tertiary/aromatic N) is 2. The zero-order valence-corrected chi connectivity index (χ0v) is 25.0. The first kappa shape index (κ1) is 31.3. The van der Waals surface area contributed by atoms with Crippen molar-refractivity contribution >= 4 is 50.7 Å². The molecule has 8 nitrogen and oxygen atoms in total. The molecule has 0 spiro atoms. The molecule has 0 bridgehead atoms. The van der Waals surface area contributed by atoms with Crippen LogP contribution in [0.5, 0.6) is 5.75 Å². The number of hydrogen-bond donors (Lipinski definition) is 1. The Morgan fingerprint density at radius 1 is 0.975 bits per heavy atom. The largest absolute Gasteiger partial charge is 0.497 e. The van der Waals surface area contributed by atoms with Crippen molar-refractivity contribution in [3.63, 3.8) is 0 Å². The van der Waals surface area contributed by atoms with Crippen LogP contribution in [-0.4, -0.2) is 51.4 Å². The summed E-state index contributed by atoms with van der Waals surface area (Å²) in [7, 11) is -2.72. The lowest BCUT2D eigenvalue weighted by Crippen LogP contribution is -2.51. The Balaban J connectivity index is 2.00. The molecule has 0 aromatic heterocycles. The molecular weight excluding hydrogens is 573 g/mol. The van der Waals surface area contributed by atoms with E-state index in [2.05, 4.69) is 5.32 Å². The van der Waals surface area contributed by atoms with Gasteiger partial charge in [-0.3, -0.25) is 13.9 Å². The molecule has 0 aliphatic heterocycles. The molecule has 3 aromatic rings. The van der Waals surface area contributed by atoms with E-state index in [9.17, 15) is 18.0 Å². The van der Waals surface area contributed by atoms with Crippen molar-refractivity contribution in [3.8, 4) is 5.75 Å². The summed E-state index contributed by atoms with van der Waals surface area (Å²) in [5, 5.41) is 3.69. The average Bonchev–Trinajstić information content (AvgIpc) is 2.95. The van der Waals surface area contributed by atoms with Gasteiger partial charge in [-0.1, -0.05) is 54.7 Å². The van der Waals surface area contributed by atoms with Gasteiger partial charge >= 0.3 is 0 Å². The molecule has 0 fully saturated rings. The number of anilines is 1. The predicted molar refractivity (Wildman–Crippen MR) is 158 cm³/mol. The SMILES string of the molecule is CCCCNC(=O)[C@H](C)N(Cc1ccccc1Cl)C(=O)CN(c1ccc(Cl)cc1)S(=O)(=O)c1ccc(OC)cc1. The maximum atomic E-state index is 13.9. The molecule has 0 saturated carbocycles. The predicted octanol–water partition coefficient (Wildman–Crippen LogP) is 5.53. The zero-order valence-electron chi connectivity index (χ0n) is 22.6. The normalized spacial score (nSPS) is 11.9. The van der Waals surface area contributed by atoms with Gasteiger partial charge in [0.15, 0.2) is 0 Å². The summed E-state index contributed by atoms with van der Waals surface area (Å²) in [6, 6.07) is 18.1. The fraction of sp³-hybridized carbons (Fsp3) is 0.310. The Hall–Kier alpha value is -3.27. The Kier molecular flexibility index (Phi) is 11.2. The molecule has 2 amide bonds. The molecule has 40 heavy (non-hydrogen) atoms. The number of sulfonamides is 1. The van der Waals surface area contributed by atoms with Gasteiger partial charge in [-0.2, -0.15) is 0 Å². The Bertz CT molecular complexity index is 1400. The number of hydrogen-bond acceptors (Lipinski definition) is 5. The number of amides is 2. The van der Waals surface area contributed by atoms with Crippen LogP contribution in [0.25, 0.3) is 0 Å². The van der Waals surface area contributed by atoms with Crippen LogP contribution in [0.3, 0.4) is 0 Å². The highest BCUT2D eigenvalue weighted by Crippen LogP contribution is 2.27. The number of rotatable bonds is 13. The Morgan fingerprint density at radius 2 is 1.62 bits per heavy atom. The van der Waals surface area contributed by atoms with Crippen LogP contribution in [0, 0.1) is 0 Å². The van der Waals surface area contributed by atoms with Gasteiger partial charge in [0.1, 0.15) is 18.3 Å². The lowest BCUT2D eigenvalue weighted by Gasteiger charge is -2.32. The summed E-state index contributed by atoms with van der Waals surface area (Å²) in [4.78, 5) is 28.2. The second-order valence-corrected chi connectivity index (χ2v) is 11.8. The first-order valence-electron chi connectivity index (χ1n) is 12.8. The highest BCUT2D eigenvalue weighted by Gasteiger charge is 2.32. The second kappa shape index (κ2) is 14.4. The van der Waals surface area contributed by atoms with Gasteiger partial charge in [0.25, 0.3) is 10.0 Å². The summed E-state index contributed by atoms with van der Waals surface area (Å²) >= 11 is 12.4. The molecule has 214 valence electrons. The number of nitrogens with one attached hydrogen (secondary N) is 1.